The molecule has 2 fully saturated rings. The van der Waals surface area contributed by atoms with E-state index in [0.29, 0.717) is 17.3 Å². The van der Waals surface area contributed by atoms with Crippen LogP contribution in [0.2, 0.25) is 0 Å². The monoisotopic (exact) mass is 280 g/mol. The number of rotatable bonds is 4. The van der Waals surface area contributed by atoms with Crippen LogP contribution in [0.4, 0.5) is 0 Å². The molecule has 0 aromatic rings. The maximum atomic E-state index is 10.3. The first kappa shape index (κ1) is 16.0. The average molecular weight is 280 g/mol. The van der Waals surface area contributed by atoms with Gasteiger partial charge in [-0.15, -0.1) is 0 Å². The second kappa shape index (κ2) is 5.81. The van der Waals surface area contributed by atoms with E-state index in [1.54, 1.807) is 0 Å². The first-order chi connectivity index (χ1) is 9.24. The van der Waals surface area contributed by atoms with Crippen LogP contribution in [0, 0.1) is 17.3 Å². The van der Waals surface area contributed by atoms with Gasteiger partial charge in [-0.2, -0.15) is 0 Å². The van der Waals surface area contributed by atoms with Crippen molar-refractivity contribution < 1.29 is 10.2 Å². The van der Waals surface area contributed by atoms with Gasteiger partial charge in [0, 0.05) is 0 Å². The minimum atomic E-state index is -0.570. The van der Waals surface area contributed by atoms with Crippen LogP contribution in [0.5, 0.6) is 0 Å². The topological polar surface area (TPSA) is 40.5 Å². The lowest BCUT2D eigenvalue weighted by Crippen LogP contribution is -2.40. The average Bonchev–Trinajstić information content (AvgIpc) is 2.66. The molecule has 0 bridgehead atoms. The Morgan fingerprint density at radius 3 is 2.65 bits per heavy atom. The molecule has 20 heavy (non-hydrogen) atoms. The van der Waals surface area contributed by atoms with Crippen molar-refractivity contribution in [2.45, 2.75) is 84.3 Å². The minimum Gasteiger partial charge on any atom is -0.393 e. The van der Waals surface area contributed by atoms with E-state index in [1.165, 1.54) is 31.3 Å². The highest BCUT2D eigenvalue weighted by atomic mass is 16.3. The van der Waals surface area contributed by atoms with Gasteiger partial charge in [0.25, 0.3) is 0 Å². The van der Waals surface area contributed by atoms with E-state index in [4.69, 9.17) is 0 Å². The zero-order valence-corrected chi connectivity index (χ0v) is 13.7. The quantitative estimate of drug-likeness (QED) is 0.762. The Hall–Kier alpha value is -0.340. The van der Waals surface area contributed by atoms with Gasteiger partial charge in [-0.3, -0.25) is 0 Å². The molecular weight excluding hydrogens is 248 g/mol. The van der Waals surface area contributed by atoms with Crippen LogP contribution in [0.15, 0.2) is 11.6 Å². The van der Waals surface area contributed by atoms with Crippen molar-refractivity contribution in [3.05, 3.63) is 11.6 Å². The zero-order valence-electron chi connectivity index (χ0n) is 13.7. The van der Waals surface area contributed by atoms with Crippen LogP contribution >= 0.6 is 0 Å². The molecule has 2 saturated carbocycles. The second-order valence-electron chi connectivity index (χ2n) is 8.00. The Morgan fingerprint density at radius 2 is 2.00 bits per heavy atom. The summed E-state index contributed by atoms with van der Waals surface area (Å²) in [5.74, 6) is 1.13. The fourth-order valence-electron chi connectivity index (χ4n) is 4.69. The van der Waals surface area contributed by atoms with Crippen LogP contribution in [-0.4, -0.2) is 21.9 Å². The second-order valence-corrected chi connectivity index (χ2v) is 8.00. The van der Waals surface area contributed by atoms with Gasteiger partial charge in [0.15, 0.2) is 0 Å². The minimum absolute atomic E-state index is 0.0806. The van der Waals surface area contributed by atoms with Crippen molar-refractivity contribution in [1.29, 1.82) is 0 Å². The first-order valence-corrected chi connectivity index (χ1v) is 8.31. The summed E-state index contributed by atoms with van der Waals surface area (Å²) in [6.45, 7) is 8.40. The summed E-state index contributed by atoms with van der Waals surface area (Å²) in [6, 6.07) is 0. The summed E-state index contributed by atoms with van der Waals surface area (Å²) >= 11 is 0. The molecule has 0 aromatic carbocycles. The number of aliphatic hydroxyl groups excluding tert-OH is 1. The Balaban J connectivity index is 2.03. The molecule has 2 nitrogen and oxygen atoms in total. The SMILES string of the molecule is C/C(=C\CCC(C)(C)O)C1CCC2C(O)CCCC12C. The van der Waals surface area contributed by atoms with E-state index < -0.39 is 5.60 Å². The highest BCUT2D eigenvalue weighted by molar-refractivity contribution is 5.15. The fraction of sp³-hybridized carbons (Fsp3) is 0.889. The molecule has 2 rings (SSSR count). The fourth-order valence-corrected chi connectivity index (χ4v) is 4.69. The molecule has 0 radical (unpaired) electrons. The van der Waals surface area contributed by atoms with Crippen LogP contribution in [-0.2, 0) is 0 Å². The van der Waals surface area contributed by atoms with E-state index in [2.05, 4.69) is 19.9 Å². The van der Waals surface area contributed by atoms with Gasteiger partial charge in [0.05, 0.1) is 11.7 Å². The summed E-state index contributed by atoms with van der Waals surface area (Å²) in [7, 11) is 0. The number of allylic oxidation sites excluding steroid dienone is 2. The van der Waals surface area contributed by atoms with E-state index >= 15 is 0 Å². The van der Waals surface area contributed by atoms with Crippen molar-refractivity contribution in [3.63, 3.8) is 0 Å². The lowest BCUT2D eigenvalue weighted by Gasteiger charge is -2.43. The lowest BCUT2D eigenvalue weighted by molar-refractivity contribution is -0.0110. The molecule has 4 atom stereocenters. The molecule has 116 valence electrons. The molecule has 2 N–H and O–H groups in total. The van der Waals surface area contributed by atoms with Gasteiger partial charge in [-0.05, 0) is 76.5 Å². The first-order valence-electron chi connectivity index (χ1n) is 8.31. The predicted molar refractivity (Wildman–Crippen MR) is 83.5 cm³/mol. The molecule has 0 aliphatic heterocycles. The summed E-state index contributed by atoms with van der Waals surface area (Å²) in [5.41, 5.74) is 1.21. The highest BCUT2D eigenvalue weighted by Gasteiger charge is 2.51. The summed E-state index contributed by atoms with van der Waals surface area (Å²) < 4.78 is 0. The third-order valence-electron chi connectivity index (χ3n) is 5.86. The molecule has 0 heterocycles. The Labute approximate surface area is 124 Å². The maximum absolute atomic E-state index is 10.3. The van der Waals surface area contributed by atoms with Crippen LogP contribution in [0.3, 0.4) is 0 Å². The number of fused-ring (bicyclic) bond motifs is 1. The molecule has 2 heteroatoms. The van der Waals surface area contributed by atoms with Crippen molar-refractivity contribution in [3.8, 4) is 0 Å². The standard InChI is InChI=1S/C18H32O2/c1-13(7-5-11-17(2,3)20)14-9-10-15-16(19)8-6-12-18(14,15)4/h7,14-16,19-20H,5-6,8-12H2,1-4H3/b13-7+. The Bertz CT molecular complexity index is 366. The van der Waals surface area contributed by atoms with Gasteiger partial charge in [-0.25, -0.2) is 0 Å². The van der Waals surface area contributed by atoms with E-state index in [1.807, 2.05) is 13.8 Å². The Morgan fingerprint density at radius 1 is 1.30 bits per heavy atom. The number of hydrogen-bond donors (Lipinski definition) is 2. The summed E-state index contributed by atoms with van der Waals surface area (Å²) in [4.78, 5) is 0. The summed E-state index contributed by atoms with van der Waals surface area (Å²) in [5, 5.41) is 20.1. The third-order valence-corrected chi connectivity index (χ3v) is 5.86. The maximum Gasteiger partial charge on any atom is 0.0594 e. The van der Waals surface area contributed by atoms with Gasteiger partial charge in [0.1, 0.15) is 0 Å². The van der Waals surface area contributed by atoms with Crippen LogP contribution in [0.1, 0.15) is 72.6 Å². The zero-order chi connectivity index (χ0) is 15.0. The molecule has 4 unspecified atom stereocenters. The van der Waals surface area contributed by atoms with E-state index in [9.17, 15) is 10.2 Å². The number of aliphatic hydroxyl groups is 2. The molecule has 2 aliphatic rings. The lowest BCUT2D eigenvalue weighted by atomic mass is 9.63. The normalized spacial score (nSPS) is 38.9. The van der Waals surface area contributed by atoms with Crippen molar-refractivity contribution in [2.75, 3.05) is 0 Å². The van der Waals surface area contributed by atoms with E-state index in [-0.39, 0.29) is 6.10 Å². The van der Waals surface area contributed by atoms with Crippen LogP contribution < -0.4 is 0 Å². The smallest absolute Gasteiger partial charge is 0.0594 e. The third kappa shape index (κ3) is 3.28. The Kier molecular flexibility index (Phi) is 4.66. The molecule has 0 amide bonds. The highest BCUT2D eigenvalue weighted by Crippen LogP contribution is 2.57. The molecule has 0 saturated heterocycles. The summed E-state index contributed by atoms with van der Waals surface area (Å²) in [6.07, 6.45) is 9.85. The van der Waals surface area contributed by atoms with Gasteiger partial charge >= 0.3 is 0 Å². The van der Waals surface area contributed by atoms with Crippen molar-refractivity contribution in [2.24, 2.45) is 17.3 Å². The molecule has 0 spiro atoms. The number of hydrogen-bond acceptors (Lipinski definition) is 2. The van der Waals surface area contributed by atoms with E-state index in [0.717, 1.165) is 19.3 Å². The van der Waals surface area contributed by atoms with Crippen molar-refractivity contribution >= 4 is 0 Å². The van der Waals surface area contributed by atoms with Gasteiger partial charge in [0.2, 0.25) is 0 Å². The van der Waals surface area contributed by atoms with Gasteiger partial charge in [-0.1, -0.05) is 25.0 Å². The largest absolute Gasteiger partial charge is 0.393 e. The molecule has 2 aliphatic carbocycles. The predicted octanol–water partition coefficient (Wildman–Crippen LogP) is 4.06. The molecular formula is C18H32O2. The van der Waals surface area contributed by atoms with Gasteiger partial charge < -0.3 is 10.2 Å². The van der Waals surface area contributed by atoms with Crippen LogP contribution in [0.25, 0.3) is 0 Å². The van der Waals surface area contributed by atoms with Crippen molar-refractivity contribution in [1.82, 2.24) is 0 Å². The molecule has 0 aromatic heterocycles.